The maximum absolute atomic E-state index is 12.6. The normalized spacial score (nSPS) is 19.8. The number of aromatic nitrogens is 2. The van der Waals surface area contributed by atoms with Crippen LogP contribution in [0.15, 0.2) is 54.4 Å². The molecule has 0 atom stereocenters. The van der Waals surface area contributed by atoms with Crippen molar-refractivity contribution in [3.63, 3.8) is 0 Å². The van der Waals surface area contributed by atoms with Crippen LogP contribution in [0.1, 0.15) is 48.3 Å². The molecule has 186 valence electrons. The molecule has 2 saturated heterocycles. The third kappa shape index (κ3) is 4.29. The van der Waals surface area contributed by atoms with E-state index in [4.69, 9.17) is 4.98 Å². The van der Waals surface area contributed by atoms with Gasteiger partial charge < -0.3 is 19.9 Å². The van der Waals surface area contributed by atoms with Gasteiger partial charge >= 0.3 is 0 Å². The fourth-order valence-corrected chi connectivity index (χ4v) is 5.92. The van der Waals surface area contributed by atoms with Gasteiger partial charge in [-0.15, -0.1) is 0 Å². The molecule has 0 bridgehead atoms. The fourth-order valence-electron chi connectivity index (χ4n) is 5.92. The average Bonchev–Trinajstić information content (AvgIpc) is 3.30. The van der Waals surface area contributed by atoms with Crippen LogP contribution in [0.5, 0.6) is 0 Å². The third-order valence-electron chi connectivity index (χ3n) is 8.21. The highest BCUT2D eigenvalue weighted by Gasteiger charge is 2.31. The molecule has 6 rings (SSSR count). The Bertz CT molecular complexity index is 1370. The second-order valence-electron chi connectivity index (χ2n) is 10.7. The maximum atomic E-state index is 12.6. The first kappa shape index (κ1) is 23.2. The number of β-amino-alcohol motifs (C(OH)–C–C–N with tert-alkyl or cyclic N) is 1. The van der Waals surface area contributed by atoms with Gasteiger partial charge in [0.25, 0.3) is 0 Å². The van der Waals surface area contributed by atoms with E-state index in [2.05, 4.69) is 54.2 Å². The Morgan fingerprint density at radius 3 is 2.58 bits per heavy atom. The Balaban J connectivity index is 1.25. The number of amides is 1. The summed E-state index contributed by atoms with van der Waals surface area (Å²) in [6.07, 6.45) is 11.6. The van der Waals surface area contributed by atoms with Crippen molar-refractivity contribution in [2.24, 2.45) is 0 Å². The lowest BCUT2D eigenvalue weighted by atomic mass is 9.85. The van der Waals surface area contributed by atoms with Crippen molar-refractivity contribution in [1.29, 1.82) is 0 Å². The van der Waals surface area contributed by atoms with Gasteiger partial charge in [-0.05, 0) is 87.0 Å². The van der Waals surface area contributed by atoms with Crippen molar-refractivity contribution >= 4 is 22.5 Å². The predicted molar refractivity (Wildman–Crippen MR) is 144 cm³/mol. The number of allylic oxidation sites excluding steroid dienone is 3. The molecule has 0 radical (unpaired) electrons. The lowest BCUT2D eigenvalue weighted by Gasteiger charge is -2.36. The Morgan fingerprint density at radius 1 is 1.08 bits per heavy atom. The Hall–Kier alpha value is -3.22. The summed E-state index contributed by atoms with van der Waals surface area (Å²) in [6, 6.07) is 9.14. The Morgan fingerprint density at radius 2 is 1.89 bits per heavy atom. The summed E-state index contributed by atoms with van der Waals surface area (Å²) in [5.41, 5.74) is 9.26. The van der Waals surface area contributed by atoms with E-state index in [-0.39, 0.29) is 12.0 Å². The molecule has 0 saturated carbocycles. The molecule has 4 heterocycles. The Labute approximate surface area is 212 Å². The average molecular weight is 483 g/mol. The number of likely N-dealkylation sites (tertiary alicyclic amines) is 2. The lowest BCUT2D eigenvalue weighted by Crippen LogP contribution is -2.53. The quantitative estimate of drug-likeness (QED) is 0.568. The number of carbonyl (C=O) groups excluding carboxylic acids is 1. The fraction of sp³-hybridized carbons (Fsp3) is 0.400. The molecule has 0 spiro atoms. The van der Waals surface area contributed by atoms with Crippen LogP contribution in [0.3, 0.4) is 0 Å². The molecule has 6 nitrogen and oxygen atoms in total. The number of rotatable bonds is 4. The summed E-state index contributed by atoms with van der Waals surface area (Å²) in [6.45, 7) is 5.48. The minimum absolute atomic E-state index is 0.0533. The number of nitrogens with zero attached hydrogens (tertiary/aromatic N) is 3. The number of carbonyl (C=O) groups is 1. The van der Waals surface area contributed by atoms with Crippen molar-refractivity contribution in [2.45, 2.75) is 44.6 Å². The van der Waals surface area contributed by atoms with Crippen LogP contribution in [-0.4, -0.2) is 70.1 Å². The molecule has 1 aliphatic carbocycles. The monoisotopic (exact) mass is 482 g/mol. The molecular formula is C30H34N4O2. The van der Waals surface area contributed by atoms with Gasteiger partial charge in [0.1, 0.15) is 5.65 Å². The van der Waals surface area contributed by atoms with E-state index in [1.54, 1.807) is 4.90 Å². The molecule has 6 heteroatoms. The summed E-state index contributed by atoms with van der Waals surface area (Å²) in [7, 11) is 2.21. The summed E-state index contributed by atoms with van der Waals surface area (Å²) < 4.78 is 0. The molecule has 1 amide bonds. The van der Waals surface area contributed by atoms with Crippen LogP contribution < -0.4 is 0 Å². The molecule has 2 fully saturated rings. The van der Waals surface area contributed by atoms with Gasteiger partial charge in [0, 0.05) is 47.6 Å². The lowest BCUT2D eigenvalue weighted by molar-refractivity contribution is -0.137. The van der Waals surface area contributed by atoms with E-state index in [0.29, 0.717) is 25.4 Å². The number of aliphatic hydroxyl groups excluding tert-OH is 1. The third-order valence-corrected chi connectivity index (χ3v) is 8.21. The zero-order valence-electron chi connectivity index (χ0n) is 21.1. The van der Waals surface area contributed by atoms with E-state index in [9.17, 15) is 9.90 Å². The van der Waals surface area contributed by atoms with Gasteiger partial charge in [-0.1, -0.05) is 30.4 Å². The molecule has 3 aliphatic rings. The molecule has 36 heavy (non-hydrogen) atoms. The van der Waals surface area contributed by atoms with Gasteiger partial charge in [0.15, 0.2) is 0 Å². The first-order chi connectivity index (χ1) is 17.5. The summed E-state index contributed by atoms with van der Waals surface area (Å²) in [4.78, 5) is 24.8. The van der Waals surface area contributed by atoms with E-state index in [0.717, 1.165) is 34.2 Å². The SMILES string of the molecule is Cc1cc(-c2cnc3[nH]cc(C4=CC=C(C(=O)N5CC(O)C5)CC4)c3c2)ccc1C1CCN(C)CC1. The van der Waals surface area contributed by atoms with Gasteiger partial charge in [-0.2, -0.15) is 0 Å². The zero-order chi connectivity index (χ0) is 24.8. The predicted octanol–water partition coefficient (Wildman–Crippen LogP) is 4.65. The van der Waals surface area contributed by atoms with Crippen LogP contribution in [0.25, 0.3) is 27.7 Å². The van der Waals surface area contributed by atoms with E-state index >= 15 is 0 Å². The topological polar surface area (TPSA) is 72.5 Å². The number of fused-ring (bicyclic) bond motifs is 1. The van der Waals surface area contributed by atoms with Gasteiger partial charge in [0.05, 0.1) is 6.10 Å². The highest BCUT2D eigenvalue weighted by molar-refractivity contribution is 5.98. The number of hydrogen-bond donors (Lipinski definition) is 2. The standard InChI is InChI=1S/C30H34N4O2/c1-19-13-23(7-8-26(19)21-9-11-33(2)12-10-21)24-14-27-28(16-32-29(27)31-15-24)20-3-5-22(6-4-20)30(36)34-17-25(35)18-34/h3,5,7-8,13-16,21,25,35H,4,6,9-12,17-18H2,1-2H3,(H,31,32). The van der Waals surface area contributed by atoms with Gasteiger partial charge in [-0.25, -0.2) is 4.98 Å². The largest absolute Gasteiger partial charge is 0.389 e. The number of nitrogens with one attached hydrogen (secondary N) is 1. The second kappa shape index (κ2) is 9.34. The maximum Gasteiger partial charge on any atom is 0.249 e. The zero-order valence-corrected chi connectivity index (χ0v) is 21.1. The molecule has 2 N–H and O–H groups in total. The molecular weight excluding hydrogens is 448 g/mol. The number of aryl methyl sites for hydroxylation is 1. The van der Waals surface area contributed by atoms with Crippen molar-refractivity contribution in [3.8, 4) is 11.1 Å². The number of benzene rings is 1. The molecule has 2 aromatic heterocycles. The summed E-state index contributed by atoms with van der Waals surface area (Å²) in [5.74, 6) is 0.707. The number of piperidine rings is 1. The number of pyridine rings is 1. The van der Waals surface area contributed by atoms with Crippen LogP contribution >= 0.6 is 0 Å². The summed E-state index contributed by atoms with van der Waals surface area (Å²) >= 11 is 0. The number of aliphatic hydroxyl groups is 1. The molecule has 0 unspecified atom stereocenters. The van der Waals surface area contributed by atoms with E-state index in [1.165, 1.54) is 48.2 Å². The van der Waals surface area contributed by atoms with Crippen LogP contribution in [0.4, 0.5) is 0 Å². The Kier molecular flexibility index (Phi) is 6.02. The summed E-state index contributed by atoms with van der Waals surface area (Å²) in [5, 5.41) is 10.6. The van der Waals surface area contributed by atoms with Gasteiger partial charge in [-0.3, -0.25) is 4.79 Å². The van der Waals surface area contributed by atoms with Crippen molar-refractivity contribution in [2.75, 3.05) is 33.2 Å². The highest BCUT2D eigenvalue weighted by atomic mass is 16.3. The number of hydrogen-bond acceptors (Lipinski definition) is 4. The van der Waals surface area contributed by atoms with Crippen molar-refractivity contribution < 1.29 is 9.90 Å². The van der Waals surface area contributed by atoms with Crippen LogP contribution in [-0.2, 0) is 4.79 Å². The van der Waals surface area contributed by atoms with Crippen molar-refractivity contribution in [1.82, 2.24) is 19.8 Å². The van der Waals surface area contributed by atoms with E-state index in [1.807, 2.05) is 18.5 Å². The molecule has 1 aromatic carbocycles. The van der Waals surface area contributed by atoms with E-state index < -0.39 is 0 Å². The second-order valence-corrected chi connectivity index (χ2v) is 10.7. The highest BCUT2D eigenvalue weighted by Crippen LogP contribution is 2.36. The van der Waals surface area contributed by atoms with Crippen molar-refractivity contribution in [3.05, 3.63) is 71.1 Å². The smallest absolute Gasteiger partial charge is 0.249 e. The first-order valence-electron chi connectivity index (χ1n) is 13.1. The van der Waals surface area contributed by atoms with Crippen LogP contribution in [0.2, 0.25) is 0 Å². The minimum atomic E-state index is -0.369. The molecule has 2 aliphatic heterocycles. The molecule has 3 aromatic rings. The number of aromatic amines is 1. The minimum Gasteiger partial charge on any atom is -0.389 e. The first-order valence-corrected chi connectivity index (χ1v) is 13.1. The van der Waals surface area contributed by atoms with Crippen LogP contribution in [0, 0.1) is 6.92 Å². The number of H-pyrrole nitrogens is 1. The van der Waals surface area contributed by atoms with Gasteiger partial charge in [0.2, 0.25) is 5.91 Å².